The minimum Gasteiger partial charge on any atom is -0.508 e. The number of carboxylic acid groups (broad SMARTS) is 1. The van der Waals surface area contributed by atoms with Gasteiger partial charge in [-0.3, -0.25) is 24.0 Å². The van der Waals surface area contributed by atoms with Gasteiger partial charge in [0.05, 0.1) is 18.8 Å². The summed E-state index contributed by atoms with van der Waals surface area (Å²) in [5, 5.41) is 26.2. The summed E-state index contributed by atoms with van der Waals surface area (Å²) in [6.45, 7) is 0. The van der Waals surface area contributed by atoms with Crippen molar-refractivity contribution in [3.8, 4) is 5.75 Å². The number of carbonyl (C=O) groups excluding carboxylic acids is 5. The first-order valence-corrected chi connectivity index (χ1v) is 12.1. The number of nitrogens with one attached hydrogen (secondary N) is 4. The molecule has 40 heavy (non-hydrogen) atoms. The van der Waals surface area contributed by atoms with Crippen LogP contribution in [0.3, 0.4) is 0 Å². The number of benzene rings is 1. The van der Waals surface area contributed by atoms with Crippen LogP contribution in [-0.4, -0.2) is 79.9 Å². The maximum atomic E-state index is 13.2. The van der Waals surface area contributed by atoms with E-state index in [-0.39, 0.29) is 31.4 Å². The molecule has 1 aromatic heterocycles. The van der Waals surface area contributed by atoms with Crippen molar-refractivity contribution in [2.24, 2.45) is 17.2 Å². The van der Waals surface area contributed by atoms with Gasteiger partial charge in [0.1, 0.15) is 23.9 Å². The van der Waals surface area contributed by atoms with Gasteiger partial charge in [-0.05, 0) is 24.1 Å². The van der Waals surface area contributed by atoms with E-state index in [0.717, 1.165) is 0 Å². The molecule has 4 atom stereocenters. The van der Waals surface area contributed by atoms with Crippen molar-refractivity contribution < 1.29 is 39.0 Å². The molecule has 0 saturated carbocycles. The maximum Gasteiger partial charge on any atom is 0.326 e. The van der Waals surface area contributed by atoms with E-state index >= 15 is 0 Å². The van der Waals surface area contributed by atoms with E-state index in [1.54, 1.807) is 0 Å². The number of aromatic nitrogens is 2. The number of H-pyrrole nitrogens is 1. The zero-order valence-corrected chi connectivity index (χ0v) is 21.3. The molecule has 0 fully saturated rings. The largest absolute Gasteiger partial charge is 0.508 e. The third-order valence-corrected chi connectivity index (χ3v) is 5.67. The molecule has 0 spiro atoms. The third kappa shape index (κ3) is 10.4. The topological polar surface area (TPSA) is 286 Å². The third-order valence-electron chi connectivity index (χ3n) is 5.67. The highest BCUT2D eigenvalue weighted by atomic mass is 16.4. The van der Waals surface area contributed by atoms with E-state index in [1.807, 2.05) is 0 Å². The molecule has 4 unspecified atom stereocenters. The van der Waals surface area contributed by atoms with E-state index in [0.29, 0.717) is 11.3 Å². The summed E-state index contributed by atoms with van der Waals surface area (Å²) in [6, 6.07) is 0.178. The van der Waals surface area contributed by atoms with Crippen LogP contribution in [0.2, 0.25) is 0 Å². The standard InChI is InChI=1S/C24H32N8O8/c25-15(9-20(27)35)21(36)31-17(8-13-10-28-11-29-13)23(38)30-16(5-6-19(26)34)22(37)32-18(24(39)40)7-12-1-3-14(33)4-2-12/h1-4,10-11,15-18,33H,5-9,25H2,(H2,26,34)(H2,27,35)(H,28,29)(H,30,38)(H,31,36)(H,32,37)(H,39,40). The van der Waals surface area contributed by atoms with Crippen LogP contribution in [0.15, 0.2) is 36.8 Å². The van der Waals surface area contributed by atoms with Gasteiger partial charge < -0.3 is 48.3 Å². The van der Waals surface area contributed by atoms with Crippen LogP contribution in [0, 0.1) is 0 Å². The van der Waals surface area contributed by atoms with Crippen LogP contribution < -0.4 is 33.2 Å². The summed E-state index contributed by atoms with van der Waals surface area (Å²) in [5.74, 6) is -5.65. The van der Waals surface area contributed by atoms with Crippen molar-refractivity contribution in [3.63, 3.8) is 0 Å². The SMILES string of the molecule is NC(=O)CCC(NC(=O)C(Cc1cnc[nH]1)NC(=O)C(N)CC(N)=O)C(=O)NC(Cc1ccc(O)cc1)C(=O)O. The molecule has 0 saturated heterocycles. The Morgan fingerprint density at radius 2 is 1.45 bits per heavy atom. The minimum absolute atomic E-state index is 0.0266. The Labute approximate surface area is 228 Å². The normalized spacial score (nSPS) is 13.7. The molecular formula is C24H32N8O8. The Morgan fingerprint density at radius 3 is 2.00 bits per heavy atom. The van der Waals surface area contributed by atoms with Crippen molar-refractivity contribution in [1.29, 1.82) is 0 Å². The Bertz CT molecular complexity index is 1200. The van der Waals surface area contributed by atoms with Crippen LogP contribution in [-0.2, 0) is 41.6 Å². The smallest absolute Gasteiger partial charge is 0.326 e. The summed E-state index contributed by atoms with van der Waals surface area (Å²) >= 11 is 0. The van der Waals surface area contributed by atoms with Crippen LogP contribution in [0.25, 0.3) is 0 Å². The first-order valence-electron chi connectivity index (χ1n) is 12.1. The number of phenolic OH excluding ortho intramolecular Hbond substituents is 1. The lowest BCUT2D eigenvalue weighted by Crippen LogP contribution is -2.58. The fraction of sp³-hybridized carbons (Fsp3) is 0.375. The highest BCUT2D eigenvalue weighted by molar-refractivity contribution is 5.95. The number of carboxylic acids is 1. The summed E-state index contributed by atoms with van der Waals surface area (Å²) < 4.78 is 0. The van der Waals surface area contributed by atoms with Gasteiger partial charge >= 0.3 is 5.97 Å². The summed E-state index contributed by atoms with van der Waals surface area (Å²) in [6.07, 6.45) is 1.39. The van der Waals surface area contributed by atoms with Crippen LogP contribution >= 0.6 is 0 Å². The second-order valence-electron chi connectivity index (χ2n) is 8.96. The van der Waals surface area contributed by atoms with Gasteiger partial charge in [0.25, 0.3) is 0 Å². The number of nitrogens with zero attached hydrogens (tertiary/aromatic N) is 1. The van der Waals surface area contributed by atoms with E-state index in [4.69, 9.17) is 17.2 Å². The fourth-order valence-corrected chi connectivity index (χ4v) is 3.58. The van der Waals surface area contributed by atoms with Gasteiger partial charge in [-0.15, -0.1) is 0 Å². The molecule has 16 heteroatoms. The first-order chi connectivity index (χ1) is 18.8. The second kappa shape index (κ2) is 14.8. The van der Waals surface area contributed by atoms with Gasteiger partial charge in [0.2, 0.25) is 29.5 Å². The van der Waals surface area contributed by atoms with E-state index in [9.17, 15) is 39.0 Å². The Hall–Kier alpha value is -4.99. The summed E-state index contributed by atoms with van der Waals surface area (Å²) in [5.41, 5.74) is 16.9. The number of imidazole rings is 1. The van der Waals surface area contributed by atoms with Gasteiger partial charge in [0, 0.05) is 31.2 Å². The Morgan fingerprint density at radius 1 is 0.850 bits per heavy atom. The maximum absolute atomic E-state index is 13.2. The second-order valence-corrected chi connectivity index (χ2v) is 8.96. The number of primary amides is 2. The van der Waals surface area contributed by atoms with Crippen molar-refractivity contribution in [2.45, 2.75) is 56.3 Å². The van der Waals surface area contributed by atoms with Gasteiger partial charge in [0.15, 0.2) is 0 Å². The average molecular weight is 561 g/mol. The van der Waals surface area contributed by atoms with E-state index in [1.165, 1.54) is 36.8 Å². The molecule has 5 amide bonds. The van der Waals surface area contributed by atoms with Gasteiger partial charge in [-0.25, -0.2) is 9.78 Å². The van der Waals surface area contributed by atoms with Crippen molar-refractivity contribution >= 4 is 35.5 Å². The predicted octanol–water partition coefficient (Wildman–Crippen LogP) is -3.09. The minimum atomic E-state index is -1.42. The number of aromatic amines is 1. The monoisotopic (exact) mass is 560 g/mol. The lowest BCUT2D eigenvalue weighted by Gasteiger charge is -2.25. The lowest BCUT2D eigenvalue weighted by atomic mass is 10.0. The van der Waals surface area contributed by atoms with Gasteiger partial charge in [-0.1, -0.05) is 12.1 Å². The van der Waals surface area contributed by atoms with Crippen molar-refractivity contribution in [3.05, 3.63) is 48.0 Å². The fourth-order valence-electron chi connectivity index (χ4n) is 3.58. The number of hydrogen-bond donors (Lipinski definition) is 9. The predicted molar refractivity (Wildman–Crippen MR) is 138 cm³/mol. The Balaban J connectivity index is 2.21. The molecule has 1 heterocycles. The number of rotatable bonds is 16. The molecule has 0 radical (unpaired) electrons. The number of aromatic hydroxyl groups is 1. The van der Waals surface area contributed by atoms with Crippen LogP contribution in [0.5, 0.6) is 5.75 Å². The zero-order valence-electron chi connectivity index (χ0n) is 21.3. The van der Waals surface area contributed by atoms with Crippen LogP contribution in [0.4, 0.5) is 0 Å². The molecule has 12 N–H and O–H groups in total. The molecule has 0 bridgehead atoms. The van der Waals surface area contributed by atoms with Crippen molar-refractivity contribution in [2.75, 3.05) is 0 Å². The van der Waals surface area contributed by atoms with Crippen molar-refractivity contribution in [1.82, 2.24) is 25.9 Å². The molecule has 0 aliphatic heterocycles. The molecule has 0 aliphatic rings. The van der Waals surface area contributed by atoms with Gasteiger partial charge in [-0.2, -0.15) is 0 Å². The van der Waals surface area contributed by atoms with E-state index < -0.39 is 66.1 Å². The highest BCUT2D eigenvalue weighted by Gasteiger charge is 2.31. The molecule has 1 aromatic carbocycles. The van der Waals surface area contributed by atoms with Crippen LogP contribution in [0.1, 0.15) is 30.5 Å². The quantitative estimate of drug-likeness (QED) is 0.0996. The zero-order chi connectivity index (χ0) is 29.8. The highest BCUT2D eigenvalue weighted by Crippen LogP contribution is 2.12. The number of carbonyl (C=O) groups is 6. The number of aliphatic carboxylic acids is 1. The average Bonchev–Trinajstić information content (AvgIpc) is 3.39. The first kappa shape index (κ1) is 31.2. The van der Waals surface area contributed by atoms with E-state index in [2.05, 4.69) is 25.9 Å². The molecule has 16 nitrogen and oxygen atoms in total. The lowest BCUT2D eigenvalue weighted by molar-refractivity contribution is -0.142. The molecule has 0 aliphatic carbocycles. The Kier molecular flexibility index (Phi) is 11.6. The number of nitrogens with two attached hydrogens (primary N) is 3. The molecule has 2 rings (SSSR count). The summed E-state index contributed by atoms with van der Waals surface area (Å²) in [7, 11) is 0. The number of amides is 5. The summed E-state index contributed by atoms with van der Waals surface area (Å²) in [4.78, 5) is 79.8. The molecule has 216 valence electrons. The number of phenols is 1. The number of hydrogen-bond acceptors (Lipinski definition) is 9. The molecular weight excluding hydrogens is 528 g/mol. The molecule has 2 aromatic rings.